The van der Waals surface area contributed by atoms with E-state index in [0.717, 1.165) is 23.8 Å². The molecule has 1 aliphatic rings. The van der Waals surface area contributed by atoms with Crippen LogP contribution in [0, 0.1) is 0 Å². The molecule has 1 aromatic rings. The Hall–Kier alpha value is -0.720. The van der Waals surface area contributed by atoms with Gasteiger partial charge in [-0.2, -0.15) is 0 Å². The van der Waals surface area contributed by atoms with E-state index in [-0.39, 0.29) is 0 Å². The van der Waals surface area contributed by atoms with Gasteiger partial charge < -0.3 is 5.43 Å². The molecule has 14 heavy (non-hydrogen) atoms. The fourth-order valence-electron chi connectivity index (χ4n) is 1.84. The predicted molar refractivity (Wildman–Crippen MR) is 56.8 cm³/mol. The molecule has 1 aromatic heterocycles. The van der Waals surface area contributed by atoms with Crippen molar-refractivity contribution < 1.29 is 0 Å². The molecular formula is C8H15N5S. The van der Waals surface area contributed by atoms with Gasteiger partial charge in [0.15, 0.2) is 0 Å². The van der Waals surface area contributed by atoms with Crippen LogP contribution in [0.4, 0.5) is 5.00 Å². The highest BCUT2D eigenvalue weighted by atomic mass is 32.1. The first kappa shape index (κ1) is 9.82. The quantitative estimate of drug-likeness (QED) is 0.574. The Morgan fingerprint density at radius 1 is 1.71 bits per heavy atom. The summed E-state index contributed by atoms with van der Waals surface area (Å²) in [4.78, 5) is 2.41. The van der Waals surface area contributed by atoms with E-state index in [2.05, 4.69) is 26.8 Å². The Labute approximate surface area is 87.4 Å². The number of rotatable bonds is 3. The Morgan fingerprint density at radius 3 is 3.21 bits per heavy atom. The normalized spacial score (nSPS) is 22.9. The van der Waals surface area contributed by atoms with E-state index < -0.39 is 0 Å². The molecule has 1 saturated heterocycles. The first-order valence-electron chi connectivity index (χ1n) is 4.83. The largest absolute Gasteiger partial charge is 0.313 e. The maximum atomic E-state index is 5.37. The summed E-state index contributed by atoms with van der Waals surface area (Å²) in [5, 5.41) is 4.95. The highest BCUT2D eigenvalue weighted by Crippen LogP contribution is 2.23. The highest BCUT2D eigenvalue weighted by Gasteiger charge is 2.22. The molecule has 78 valence electrons. The third kappa shape index (κ3) is 1.87. The summed E-state index contributed by atoms with van der Waals surface area (Å²) in [5.74, 6) is 5.37. The van der Waals surface area contributed by atoms with E-state index in [1.165, 1.54) is 24.4 Å². The van der Waals surface area contributed by atoms with Crippen LogP contribution in [0.5, 0.6) is 0 Å². The molecule has 6 heteroatoms. The van der Waals surface area contributed by atoms with Gasteiger partial charge in [0.2, 0.25) is 0 Å². The molecule has 0 radical (unpaired) electrons. The second-order valence-corrected chi connectivity index (χ2v) is 4.41. The second-order valence-electron chi connectivity index (χ2n) is 3.65. The van der Waals surface area contributed by atoms with Crippen molar-refractivity contribution in [1.82, 2.24) is 14.5 Å². The van der Waals surface area contributed by atoms with Gasteiger partial charge in [0.1, 0.15) is 10.7 Å². The van der Waals surface area contributed by atoms with Gasteiger partial charge in [0.25, 0.3) is 0 Å². The number of likely N-dealkylation sites (tertiary alicyclic amines) is 1. The molecule has 1 unspecified atom stereocenters. The van der Waals surface area contributed by atoms with Gasteiger partial charge in [0, 0.05) is 24.1 Å². The summed E-state index contributed by atoms with van der Waals surface area (Å²) in [6, 6.07) is 0.655. The standard InChI is InChI=1S/C8H15N5S/c1-6-3-2-4-13(6)5-7-8(10-9)14-12-11-7/h6,10H,2-5,9H2,1H3. The number of nitrogens with zero attached hydrogens (tertiary/aromatic N) is 3. The fraction of sp³-hybridized carbons (Fsp3) is 0.750. The third-order valence-corrected chi connectivity index (χ3v) is 3.43. The SMILES string of the molecule is CC1CCCN1Cc1nnsc1NN. The number of hydrazine groups is 1. The van der Waals surface area contributed by atoms with Crippen molar-refractivity contribution in [3.05, 3.63) is 5.69 Å². The smallest absolute Gasteiger partial charge is 0.148 e. The van der Waals surface area contributed by atoms with Gasteiger partial charge in [-0.05, 0) is 26.3 Å². The van der Waals surface area contributed by atoms with Crippen LogP contribution in [0.3, 0.4) is 0 Å². The number of nitrogens with two attached hydrogens (primary N) is 1. The minimum Gasteiger partial charge on any atom is -0.313 e. The molecule has 0 saturated carbocycles. The Balaban J connectivity index is 2.02. The lowest BCUT2D eigenvalue weighted by Gasteiger charge is -2.19. The van der Waals surface area contributed by atoms with E-state index in [9.17, 15) is 0 Å². The van der Waals surface area contributed by atoms with Gasteiger partial charge >= 0.3 is 0 Å². The molecule has 0 aromatic carbocycles. The average molecular weight is 213 g/mol. The zero-order chi connectivity index (χ0) is 9.97. The molecule has 0 spiro atoms. The molecule has 1 atom stereocenters. The maximum Gasteiger partial charge on any atom is 0.148 e. The van der Waals surface area contributed by atoms with Crippen molar-refractivity contribution >= 4 is 16.5 Å². The Kier molecular flexibility index (Phi) is 2.95. The van der Waals surface area contributed by atoms with E-state index >= 15 is 0 Å². The van der Waals surface area contributed by atoms with Crippen LogP contribution in [0.2, 0.25) is 0 Å². The molecule has 5 nitrogen and oxygen atoms in total. The van der Waals surface area contributed by atoms with E-state index in [1.807, 2.05) is 0 Å². The topological polar surface area (TPSA) is 67.1 Å². The minimum atomic E-state index is 0.655. The van der Waals surface area contributed by atoms with Crippen molar-refractivity contribution in [3.8, 4) is 0 Å². The molecule has 1 fully saturated rings. The van der Waals surface area contributed by atoms with Gasteiger partial charge in [-0.3, -0.25) is 4.90 Å². The molecule has 1 aliphatic heterocycles. The van der Waals surface area contributed by atoms with Gasteiger partial charge in [0.05, 0.1) is 0 Å². The molecule has 2 rings (SSSR count). The number of nitrogens with one attached hydrogen (secondary N) is 1. The zero-order valence-corrected chi connectivity index (χ0v) is 9.05. The number of aromatic nitrogens is 2. The summed E-state index contributed by atoms with van der Waals surface area (Å²) >= 11 is 1.31. The van der Waals surface area contributed by atoms with Crippen LogP contribution in [0.15, 0.2) is 0 Å². The van der Waals surface area contributed by atoms with E-state index in [4.69, 9.17) is 5.84 Å². The lowest BCUT2D eigenvalue weighted by Crippen LogP contribution is -2.27. The summed E-state index contributed by atoms with van der Waals surface area (Å²) in [6.45, 7) is 4.27. The molecule has 3 N–H and O–H groups in total. The number of anilines is 1. The average Bonchev–Trinajstić information content (AvgIpc) is 2.77. The van der Waals surface area contributed by atoms with Crippen LogP contribution in [-0.4, -0.2) is 27.1 Å². The Bertz CT molecular complexity index is 300. The lowest BCUT2D eigenvalue weighted by molar-refractivity contribution is 0.257. The van der Waals surface area contributed by atoms with Crippen LogP contribution >= 0.6 is 11.5 Å². The molecule has 0 aliphatic carbocycles. The molecule has 0 bridgehead atoms. The number of hydrogen-bond donors (Lipinski definition) is 2. The lowest BCUT2D eigenvalue weighted by atomic mass is 10.2. The summed E-state index contributed by atoms with van der Waals surface area (Å²) in [6.07, 6.45) is 2.56. The summed E-state index contributed by atoms with van der Waals surface area (Å²) in [7, 11) is 0. The minimum absolute atomic E-state index is 0.655. The van der Waals surface area contributed by atoms with E-state index in [1.54, 1.807) is 0 Å². The summed E-state index contributed by atoms with van der Waals surface area (Å²) in [5.41, 5.74) is 3.60. The van der Waals surface area contributed by atoms with Crippen molar-refractivity contribution in [1.29, 1.82) is 0 Å². The highest BCUT2D eigenvalue weighted by molar-refractivity contribution is 7.10. The van der Waals surface area contributed by atoms with Gasteiger partial charge in [-0.25, -0.2) is 5.84 Å². The van der Waals surface area contributed by atoms with E-state index in [0.29, 0.717) is 6.04 Å². The molecule has 2 heterocycles. The molecular weight excluding hydrogens is 198 g/mol. The van der Waals surface area contributed by atoms with Crippen LogP contribution in [0.1, 0.15) is 25.5 Å². The van der Waals surface area contributed by atoms with Crippen molar-refractivity contribution in [2.75, 3.05) is 12.0 Å². The zero-order valence-electron chi connectivity index (χ0n) is 8.23. The first-order chi connectivity index (χ1) is 6.81. The fourth-order valence-corrected chi connectivity index (χ4v) is 2.33. The molecule has 0 amide bonds. The number of hydrogen-bond acceptors (Lipinski definition) is 6. The number of nitrogen functional groups attached to an aromatic ring is 1. The third-order valence-electron chi connectivity index (χ3n) is 2.73. The van der Waals surface area contributed by atoms with Crippen molar-refractivity contribution in [2.24, 2.45) is 5.84 Å². The first-order valence-corrected chi connectivity index (χ1v) is 5.60. The van der Waals surface area contributed by atoms with Gasteiger partial charge in [-0.15, -0.1) is 5.10 Å². The summed E-state index contributed by atoms with van der Waals surface area (Å²) < 4.78 is 3.88. The van der Waals surface area contributed by atoms with Crippen LogP contribution in [-0.2, 0) is 6.54 Å². The Morgan fingerprint density at radius 2 is 2.57 bits per heavy atom. The maximum absolute atomic E-state index is 5.37. The van der Waals surface area contributed by atoms with Crippen LogP contribution in [0.25, 0.3) is 0 Å². The van der Waals surface area contributed by atoms with Crippen molar-refractivity contribution in [2.45, 2.75) is 32.4 Å². The monoisotopic (exact) mass is 213 g/mol. The van der Waals surface area contributed by atoms with Crippen LogP contribution < -0.4 is 11.3 Å². The second kappa shape index (κ2) is 4.20. The van der Waals surface area contributed by atoms with Crippen molar-refractivity contribution in [3.63, 3.8) is 0 Å². The predicted octanol–water partition coefficient (Wildman–Crippen LogP) is 0.808. The van der Waals surface area contributed by atoms with Gasteiger partial charge in [-0.1, -0.05) is 4.49 Å².